The predicted octanol–water partition coefficient (Wildman–Crippen LogP) is 9.90. The van der Waals surface area contributed by atoms with Crippen molar-refractivity contribution in [3.8, 4) is 46.0 Å². The largest absolute Gasteiger partial charge is 0.462 e. The molecule has 0 unspecified atom stereocenters. The van der Waals surface area contributed by atoms with Crippen LogP contribution < -0.4 is 18.9 Å². The molecule has 0 saturated carbocycles. The smallest absolute Gasteiger partial charge is 0.338 e. The minimum Gasteiger partial charge on any atom is -0.462 e. The summed E-state index contributed by atoms with van der Waals surface area (Å²) in [6.07, 6.45) is 7.97. The third-order valence-corrected chi connectivity index (χ3v) is 6.88. The van der Waals surface area contributed by atoms with Gasteiger partial charge >= 0.3 is 17.9 Å². The fraction of sp³-hybridized carbons (Fsp3) is 0.0889. The van der Waals surface area contributed by atoms with Gasteiger partial charge in [0.25, 0.3) is 0 Å². The van der Waals surface area contributed by atoms with Crippen LogP contribution in [0.4, 0.5) is 8.78 Å². The lowest BCUT2D eigenvalue weighted by molar-refractivity contribution is -0.134. The van der Waals surface area contributed by atoms with Crippen molar-refractivity contribution in [3.63, 3.8) is 0 Å². The van der Waals surface area contributed by atoms with Crippen LogP contribution in [0.1, 0.15) is 38.8 Å². The zero-order valence-electron chi connectivity index (χ0n) is 32.0. The zero-order chi connectivity index (χ0) is 42.8. The van der Waals surface area contributed by atoms with Crippen LogP contribution >= 0.6 is 0 Å². The first-order valence-corrected chi connectivity index (χ1v) is 16.8. The molecule has 0 atom stereocenters. The van der Waals surface area contributed by atoms with Crippen LogP contribution in [0.25, 0.3) is 11.1 Å². The maximum Gasteiger partial charge on any atom is 0.338 e. The second-order valence-corrected chi connectivity index (χ2v) is 11.8. The van der Waals surface area contributed by atoms with Crippen molar-refractivity contribution in [3.05, 3.63) is 182 Å². The minimum atomic E-state index is -1.16. The number of rotatable bonds is 18. The van der Waals surface area contributed by atoms with Gasteiger partial charge in [-0.25, -0.2) is 23.2 Å². The van der Waals surface area contributed by atoms with E-state index in [1.54, 1.807) is 6.92 Å². The number of ether oxygens (including phenoxy) is 8. The van der Waals surface area contributed by atoms with E-state index in [0.29, 0.717) is 16.9 Å². The van der Waals surface area contributed by atoms with E-state index in [1.807, 2.05) is 0 Å². The van der Waals surface area contributed by atoms with Crippen molar-refractivity contribution in [2.75, 3.05) is 0 Å². The van der Waals surface area contributed by atoms with Gasteiger partial charge in [-0.2, -0.15) is 0 Å². The lowest BCUT2D eigenvalue weighted by Gasteiger charge is -2.16. The van der Waals surface area contributed by atoms with Crippen molar-refractivity contribution in [2.24, 2.45) is 0 Å². The molecule has 0 amide bonds. The average Bonchev–Trinajstić information content (AvgIpc) is 3.19. The lowest BCUT2D eigenvalue weighted by Crippen LogP contribution is -2.04. The Balaban J connectivity index is 2.11. The third-order valence-electron chi connectivity index (χ3n) is 6.88. The Bertz CT molecular complexity index is 2280. The summed E-state index contributed by atoms with van der Waals surface area (Å²) < 4.78 is 75.4. The van der Waals surface area contributed by atoms with E-state index in [0.717, 1.165) is 50.1 Å². The lowest BCUT2D eigenvalue weighted by atomic mass is 9.99. The number of carbonyl (C=O) groups excluding carboxylic acids is 3. The second kappa shape index (κ2) is 21.9. The van der Waals surface area contributed by atoms with Gasteiger partial charge in [0.05, 0.1) is 5.56 Å². The van der Waals surface area contributed by atoms with E-state index in [-0.39, 0.29) is 33.8 Å². The molecule has 0 aliphatic carbocycles. The summed E-state index contributed by atoms with van der Waals surface area (Å²) in [6, 6.07) is 11.8. The molecule has 0 aliphatic heterocycles. The minimum absolute atomic E-state index is 0.0803. The maximum absolute atomic E-state index is 16.8. The molecule has 0 aromatic heterocycles. The molecular weight excluding hydrogens is 754 g/mol. The van der Waals surface area contributed by atoms with E-state index in [2.05, 4.69) is 44.7 Å². The SMILES string of the molecule is C=C(C)C(=C)O/C=C/Oc1c(F)c(-c2ccc(O/C=C/OC(=O)C(=C)C)cc2)c(O/C=C/OC(=O)C(=C)C)c(F)c1C#Cc1ccc(O/C=C/OC(=O)C(=C)C)cc1. The van der Waals surface area contributed by atoms with E-state index in [9.17, 15) is 14.4 Å². The molecular formula is C45H38F2O11. The van der Waals surface area contributed by atoms with Crippen molar-refractivity contribution in [2.45, 2.75) is 27.7 Å². The summed E-state index contributed by atoms with van der Waals surface area (Å²) in [5.41, 5.74) is 0.430. The van der Waals surface area contributed by atoms with E-state index >= 15 is 8.78 Å². The highest BCUT2D eigenvalue weighted by molar-refractivity contribution is 5.88. The van der Waals surface area contributed by atoms with Crippen molar-refractivity contribution in [1.82, 2.24) is 0 Å². The molecule has 0 aliphatic rings. The number of benzene rings is 3. The van der Waals surface area contributed by atoms with E-state index < -0.39 is 52.2 Å². The second-order valence-electron chi connectivity index (χ2n) is 11.8. The van der Waals surface area contributed by atoms with Gasteiger partial charge in [0.1, 0.15) is 72.9 Å². The molecule has 0 saturated heterocycles. The van der Waals surface area contributed by atoms with Crippen LogP contribution in [-0.2, 0) is 33.3 Å². The van der Waals surface area contributed by atoms with E-state index in [4.69, 9.17) is 37.9 Å². The van der Waals surface area contributed by atoms with Crippen LogP contribution in [0, 0.1) is 23.5 Å². The highest BCUT2D eigenvalue weighted by atomic mass is 19.1. The molecule has 0 spiro atoms. The molecule has 0 N–H and O–H groups in total. The first-order chi connectivity index (χ1) is 27.6. The number of carbonyl (C=O) groups is 3. The van der Waals surface area contributed by atoms with Gasteiger partial charge in [0.2, 0.25) is 0 Å². The molecule has 58 heavy (non-hydrogen) atoms. The van der Waals surface area contributed by atoms with Gasteiger partial charge in [-0.3, -0.25) is 0 Å². The Morgan fingerprint density at radius 1 is 0.500 bits per heavy atom. The highest BCUT2D eigenvalue weighted by Crippen LogP contribution is 2.43. The van der Waals surface area contributed by atoms with Crippen LogP contribution in [-0.4, -0.2) is 17.9 Å². The quantitative estimate of drug-likeness (QED) is 0.0305. The number of hydrogen-bond donors (Lipinski definition) is 0. The molecule has 298 valence electrons. The zero-order valence-corrected chi connectivity index (χ0v) is 32.0. The molecule has 0 bridgehead atoms. The van der Waals surface area contributed by atoms with Crippen LogP contribution in [0.2, 0.25) is 0 Å². The molecule has 11 nitrogen and oxygen atoms in total. The molecule has 3 rings (SSSR count). The van der Waals surface area contributed by atoms with Gasteiger partial charge in [-0.1, -0.05) is 56.9 Å². The summed E-state index contributed by atoms with van der Waals surface area (Å²) in [7, 11) is 0. The van der Waals surface area contributed by atoms with Gasteiger partial charge in [0.15, 0.2) is 23.1 Å². The number of hydrogen-bond acceptors (Lipinski definition) is 11. The fourth-order valence-electron chi connectivity index (χ4n) is 3.87. The summed E-state index contributed by atoms with van der Waals surface area (Å²) in [6.45, 7) is 23.9. The molecule has 3 aromatic carbocycles. The molecule has 13 heteroatoms. The molecule has 0 fully saturated rings. The maximum atomic E-state index is 16.8. The molecule has 0 radical (unpaired) electrons. The number of halogens is 2. The van der Waals surface area contributed by atoms with Crippen LogP contribution in [0.15, 0.2) is 160 Å². The van der Waals surface area contributed by atoms with Gasteiger partial charge in [0, 0.05) is 22.3 Å². The summed E-state index contributed by atoms with van der Waals surface area (Å²) in [5.74, 6) is 0.484. The first kappa shape index (κ1) is 44.5. The number of allylic oxidation sites excluding steroid dienone is 1. The van der Waals surface area contributed by atoms with Crippen molar-refractivity contribution in [1.29, 1.82) is 0 Å². The summed E-state index contributed by atoms with van der Waals surface area (Å²) >= 11 is 0. The van der Waals surface area contributed by atoms with Crippen LogP contribution in [0.3, 0.4) is 0 Å². The van der Waals surface area contributed by atoms with E-state index in [1.165, 1.54) is 69.3 Å². The van der Waals surface area contributed by atoms with Gasteiger partial charge in [-0.15, -0.1) is 0 Å². The molecule has 3 aromatic rings. The summed E-state index contributed by atoms with van der Waals surface area (Å²) in [4.78, 5) is 35.0. The highest BCUT2D eigenvalue weighted by Gasteiger charge is 2.28. The van der Waals surface area contributed by atoms with Crippen molar-refractivity contribution < 1.29 is 61.1 Å². The predicted molar refractivity (Wildman–Crippen MR) is 211 cm³/mol. The Morgan fingerprint density at radius 3 is 1.36 bits per heavy atom. The summed E-state index contributed by atoms with van der Waals surface area (Å²) in [5, 5.41) is 0. The monoisotopic (exact) mass is 792 g/mol. The Labute approximate surface area is 334 Å². The Hall–Kier alpha value is -7.85. The normalized spacial score (nSPS) is 10.7. The van der Waals surface area contributed by atoms with Crippen molar-refractivity contribution >= 4 is 17.9 Å². The Morgan fingerprint density at radius 2 is 0.914 bits per heavy atom. The standard InChI is InChI=1S/C45H38F2O11/c1-28(2)32(9)51-20-23-54-41-37(19-12-33-10-15-35(16-11-33)52-21-25-56-43(48)29(3)4)39(46)42(55-24-27-58-45(50)31(7)8)38(40(41)47)34-13-17-36(18-14-34)53-22-26-57-44(49)30(5)6/h10-11,13-18,20-27H,1,3,5,7,9H2,2,4,6,8H3/b23-20+,25-21+,26-22+,27-24+. The average molecular weight is 793 g/mol. The third kappa shape index (κ3) is 13.5. The number of esters is 3. The van der Waals surface area contributed by atoms with Gasteiger partial charge in [-0.05, 0) is 75.2 Å². The first-order valence-electron chi connectivity index (χ1n) is 16.8. The van der Waals surface area contributed by atoms with Gasteiger partial charge < -0.3 is 37.9 Å². The Kier molecular flexibility index (Phi) is 16.8. The fourth-order valence-corrected chi connectivity index (χ4v) is 3.87. The topological polar surface area (TPSA) is 125 Å². The van der Waals surface area contributed by atoms with Crippen LogP contribution in [0.5, 0.6) is 23.0 Å². The molecule has 0 heterocycles.